The van der Waals surface area contributed by atoms with Crippen molar-refractivity contribution in [3.05, 3.63) is 23.8 Å². The number of hydrogen-bond donors (Lipinski definition) is 2. The lowest BCUT2D eigenvalue weighted by Crippen LogP contribution is -1.98. The zero-order chi connectivity index (χ0) is 8.97. The lowest BCUT2D eigenvalue weighted by atomic mass is 10.2. The molecule has 0 heterocycles. The summed E-state index contributed by atoms with van der Waals surface area (Å²) >= 11 is 0. The second-order valence-corrected chi connectivity index (χ2v) is 2.37. The molecule has 4 N–H and O–H groups in total. The van der Waals surface area contributed by atoms with Gasteiger partial charge in [0, 0.05) is 16.9 Å². The van der Waals surface area contributed by atoms with Gasteiger partial charge >= 0.3 is 0 Å². The van der Waals surface area contributed by atoms with Gasteiger partial charge in [-0.05, 0) is 12.1 Å². The molecule has 0 aliphatic heterocycles. The Balaban J connectivity index is 2.78. The van der Waals surface area contributed by atoms with E-state index in [1.165, 1.54) is 0 Å². The van der Waals surface area contributed by atoms with Crippen molar-refractivity contribution in [1.29, 1.82) is 0 Å². The van der Waals surface area contributed by atoms with Crippen molar-refractivity contribution in [1.82, 2.24) is 0 Å². The molecule has 0 atom stereocenters. The van der Waals surface area contributed by atoms with Gasteiger partial charge in [-0.1, -0.05) is 6.07 Å². The fourth-order valence-electron chi connectivity index (χ4n) is 0.869. The predicted molar refractivity (Wildman–Crippen MR) is 46.1 cm³/mol. The van der Waals surface area contributed by atoms with Crippen molar-refractivity contribution in [3.63, 3.8) is 0 Å². The zero-order valence-corrected chi connectivity index (χ0v) is 6.49. The molecule has 0 amide bonds. The number of anilines is 2. The van der Waals surface area contributed by atoms with Gasteiger partial charge in [-0.15, -0.1) is 0 Å². The van der Waals surface area contributed by atoms with Gasteiger partial charge in [0.15, 0.2) is 0 Å². The van der Waals surface area contributed by atoms with Crippen LogP contribution in [-0.2, 0) is 16.1 Å². The third-order valence-electron chi connectivity index (χ3n) is 1.48. The first kappa shape index (κ1) is 8.39. The summed E-state index contributed by atoms with van der Waals surface area (Å²) in [4.78, 5) is 9.87. The Hall–Kier alpha value is -1.71. The zero-order valence-electron chi connectivity index (χ0n) is 6.49. The van der Waals surface area contributed by atoms with Crippen molar-refractivity contribution >= 4 is 17.8 Å². The molecule has 0 spiro atoms. The second kappa shape index (κ2) is 3.61. The third kappa shape index (κ3) is 1.88. The van der Waals surface area contributed by atoms with E-state index in [-0.39, 0.29) is 6.61 Å². The van der Waals surface area contributed by atoms with Crippen molar-refractivity contribution in [2.24, 2.45) is 0 Å². The molecule has 0 bridgehead atoms. The molecule has 0 unspecified atom stereocenters. The van der Waals surface area contributed by atoms with Crippen LogP contribution in [0.2, 0.25) is 0 Å². The molecule has 0 aromatic heterocycles. The molecule has 0 aliphatic rings. The molecular formula is C8H10N2O2. The van der Waals surface area contributed by atoms with E-state index in [2.05, 4.69) is 4.74 Å². The van der Waals surface area contributed by atoms with Crippen LogP contribution < -0.4 is 11.5 Å². The summed E-state index contributed by atoms with van der Waals surface area (Å²) < 4.78 is 4.54. The van der Waals surface area contributed by atoms with Gasteiger partial charge in [0.25, 0.3) is 6.47 Å². The number of benzene rings is 1. The lowest BCUT2D eigenvalue weighted by molar-refractivity contribution is -0.129. The summed E-state index contributed by atoms with van der Waals surface area (Å²) in [5.74, 6) is 0. The number of rotatable bonds is 3. The van der Waals surface area contributed by atoms with Crippen LogP contribution in [0.5, 0.6) is 0 Å². The smallest absolute Gasteiger partial charge is 0.293 e. The number of carbonyl (C=O) groups excluding carboxylic acids is 1. The quantitative estimate of drug-likeness (QED) is 0.507. The highest BCUT2D eigenvalue weighted by molar-refractivity contribution is 5.56. The molecule has 0 fully saturated rings. The number of carbonyl (C=O) groups is 1. The van der Waals surface area contributed by atoms with E-state index in [4.69, 9.17) is 11.5 Å². The minimum atomic E-state index is 0.190. The molecule has 0 saturated carbocycles. The van der Waals surface area contributed by atoms with Crippen molar-refractivity contribution in [2.75, 3.05) is 11.5 Å². The van der Waals surface area contributed by atoms with Crippen molar-refractivity contribution in [3.8, 4) is 0 Å². The maximum atomic E-state index is 9.87. The Kier molecular flexibility index (Phi) is 2.53. The fraction of sp³-hybridized carbons (Fsp3) is 0.125. The molecular weight excluding hydrogens is 156 g/mol. The molecule has 1 aromatic carbocycles. The number of nitrogen functional groups attached to an aromatic ring is 2. The Labute approximate surface area is 70.1 Å². The first-order chi connectivity index (χ1) is 5.74. The van der Waals surface area contributed by atoms with Gasteiger partial charge in [-0.3, -0.25) is 4.79 Å². The van der Waals surface area contributed by atoms with Crippen LogP contribution in [0.25, 0.3) is 0 Å². The number of ether oxygens (including phenoxy) is 1. The van der Waals surface area contributed by atoms with Gasteiger partial charge in [-0.2, -0.15) is 0 Å². The standard InChI is InChI=1S/C8H10N2O2/c9-7-2-1-6(4-12-5-11)8(10)3-7/h1-3,5H,4,9-10H2. The molecule has 4 nitrogen and oxygen atoms in total. The highest BCUT2D eigenvalue weighted by Gasteiger charge is 1.98. The summed E-state index contributed by atoms with van der Waals surface area (Å²) in [6, 6.07) is 5.07. The summed E-state index contributed by atoms with van der Waals surface area (Å²) in [5, 5.41) is 0. The first-order valence-electron chi connectivity index (χ1n) is 3.43. The van der Waals surface area contributed by atoms with Crippen LogP contribution >= 0.6 is 0 Å². The van der Waals surface area contributed by atoms with Crippen LogP contribution in [0.1, 0.15) is 5.56 Å². The van der Waals surface area contributed by atoms with E-state index in [1.54, 1.807) is 18.2 Å². The van der Waals surface area contributed by atoms with Crippen molar-refractivity contribution in [2.45, 2.75) is 6.61 Å². The third-order valence-corrected chi connectivity index (χ3v) is 1.48. The van der Waals surface area contributed by atoms with Gasteiger partial charge in [0.05, 0.1) is 0 Å². The average molecular weight is 166 g/mol. The molecule has 0 aliphatic carbocycles. The molecule has 1 aromatic rings. The Morgan fingerprint density at radius 2 is 2.17 bits per heavy atom. The SMILES string of the molecule is Nc1ccc(COC=O)c(N)c1. The van der Waals surface area contributed by atoms with E-state index < -0.39 is 0 Å². The maximum Gasteiger partial charge on any atom is 0.293 e. The fourth-order valence-corrected chi connectivity index (χ4v) is 0.869. The van der Waals surface area contributed by atoms with Gasteiger partial charge < -0.3 is 16.2 Å². The van der Waals surface area contributed by atoms with Gasteiger partial charge in [0.2, 0.25) is 0 Å². The topological polar surface area (TPSA) is 78.3 Å². The highest BCUT2D eigenvalue weighted by atomic mass is 16.5. The Morgan fingerprint density at radius 3 is 2.75 bits per heavy atom. The predicted octanol–water partition coefficient (Wildman–Crippen LogP) is 0.524. The van der Waals surface area contributed by atoms with Crippen LogP contribution in [0, 0.1) is 0 Å². The number of nitrogens with two attached hydrogens (primary N) is 2. The van der Waals surface area contributed by atoms with E-state index in [0.29, 0.717) is 17.8 Å². The maximum absolute atomic E-state index is 9.87. The van der Waals surface area contributed by atoms with E-state index >= 15 is 0 Å². The first-order valence-corrected chi connectivity index (χ1v) is 3.43. The van der Waals surface area contributed by atoms with Crippen LogP contribution in [0.15, 0.2) is 18.2 Å². The molecule has 0 saturated heterocycles. The molecule has 4 heteroatoms. The summed E-state index contributed by atoms with van der Waals surface area (Å²) in [6.45, 7) is 0.575. The molecule has 12 heavy (non-hydrogen) atoms. The lowest BCUT2D eigenvalue weighted by Gasteiger charge is -2.04. The van der Waals surface area contributed by atoms with Gasteiger partial charge in [0.1, 0.15) is 6.61 Å². The molecule has 64 valence electrons. The Morgan fingerprint density at radius 1 is 1.42 bits per heavy atom. The minimum absolute atomic E-state index is 0.190. The van der Waals surface area contributed by atoms with E-state index in [0.717, 1.165) is 5.56 Å². The monoisotopic (exact) mass is 166 g/mol. The average Bonchev–Trinajstić information content (AvgIpc) is 2.03. The van der Waals surface area contributed by atoms with Crippen LogP contribution in [0.4, 0.5) is 11.4 Å². The minimum Gasteiger partial charge on any atom is -0.463 e. The molecule has 1 rings (SSSR count). The van der Waals surface area contributed by atoms with E-state index in [1.807, 2.05) is 0 Å². The normalized spacial score (nSPS) is 9.33. The van der Waals surface area contributed by atoms with Gasteiger partial charge in [-0.25, -0.2) is 0 Å². The Bertz CT molecular complexity index is 286. The summed E-state index contributed by atoms with van der Waals surface area (Å²) in [5.41, 5.74) is 13.0. The van der Waals surface area contributed by atoms with E-state index in [9.17, 15) is 4.79 Å². The van der Waals surface area contributed by atoms with Crippen LogP contribution in [-0.4, -0.2) is 6.47 Å². The number of hydrogen-bond acceptors (Lipinski definition) is 4. The van der Waals surface area contributed by atoms with Crippen LogP contribution in [0.3, 0.4) is 0 Å². The summed E-state index contributed by atoms with van der Waals surface area (Å²) in [7, 11) is 0. The van der Waals surface area contributed by atoms with Crippen molar-refractivity contribution < 1.29 is 9.53 Å². The second-order valence-electron chi connectivity index (χ2n) is 2.37. The summed E-state index contributed by atoms with van der Waals surface area (Å²) in [6.07, 6.45) is 0. The highest BCUT2D eigenvalue weighted by Crippen LogP contribution is 2.15. The largest absolute Gasteiger partial charge is 0.463 e. The molecule has 0 radical (unpaired) electrons.